The quantitative estimate of drug-likeness (QED) is 0.725. The SMILES string of the molecule is NC(=O)c1ccc(N2CCNCC2)cc1. The van der Waals surface area contributed by atoms with Crippen molar-refractivity contribution in [2.75, 3.05) is 31.1 Å². The maximum absolute atomic E-state index is 10.9. The Morgan fingerprint density at radius 1 is 1.20 bits per heavy atom. The van der Waals surface area contributed by atoms with Gasteiger partial charge in [0.2, 0.25) is 5.91 Å². The van der Waals surface area contributed by atoms with Gasteiger partial charge in [0.15, 0.2) is 0 Å². The minimum Gasteiger partial charge on any atom is -0.369 e. The molecule has 2 rings (SSSR count). The van der Waals surface area contributed by atoms with Gasteiger partial charge in [0.25, 0.3) is 0 Å². The van der Waals surface area contributed by atoms with Crippen molar-refractivity contribution in [3.05, 3.63) is 29.8 Å². The summed E-state index contributed by atoms with van der Waals surface area (Å²) >= 11 is 0. The highest BCUT2D eigenvalue weighted by Crippen LogP contribution is 2.15. The molecule has 0 radical (unpaired) electrons. The molecule has 4 nitrogen and oxygen atoms in total. The maximum atomic E-state index is 10.9. The smallest absolute Gasteiger partial charge is 0.248 e. The first-order valence-electron chi connectivity index (χ1n) is 5.13. The van der Waals surface area contributed by atoms with Crippen molar-refractivity contribution < 1.29 is 4.79 Å². The van der Waals surface area contributed by atoms with Gasteiger partial charge in [-0.05, 0) is 24.3 Å². The van der Waals surface area contributed by atoms with Gasteiger partial charge >= 0.3 is 0 Å². The van der Waals surface area contributed by atoms with Crippen molar-refractivity contribution in [3.8, 4) is 0 Å². The van der Waals surface area contributed by atoms with Crippen LogP contribution in [-0.4, -0.2) is 32.1 Å². The van der Waals surface area contributed by atoms with Gasteiger partial charge in [-0.3, -0.25) is 4.79 Å². The van der Waals surface area contributed by atoms with Crippen LogP contribution in [0, 0.1) is 0 Å². The molecule has 0 unspecified atom stereocenters. The second kappa shape index (κ2) is 4.31. The lowest BCUT2D eigenvalue weighted by molar-refractivity contribution is 0.100. The summed E-state index contributed by atoms with van der Waals surface area (Å²) in [6, 6.07) is 7.45. The standard InChI is InChI=1S/C11H15N3O/c12-11(15)9-1-3-10(4-2-9)14-7-5-13-6-8-14/h1-4,13H,5-8H2,(H2,12,15). The molecule has 1 aliphatic rings. The number of carbonyl (C=O) groups is 1. The Labute approximate surface area is 89.1 Å². The molecular weight excluding hydrogens is 190 g/mol. The van der Waals surface area contributed by atoms with Crippen molar-refractivity contribution in [1.29, 1.82) is 0 Å². The first-order valence-corrected chi connectivity index (χ1v) is 5.13. The highest BCUT2D eigenvalue weighted by molar-refractivity contribution is 5.93. The zero-order valence-electron chi connectivity index (χ0n) is 8.57. The number of anilines is 1. The summed E-state index contributed by atoms with van der Waals surface area (Å²) in [5.74, 6) is -0.373. The van der Waals surface area contributed by atoms with Crippen LogP contribution in [0.5, 0.6) is 0 Å². The fourth-order valence-electron chi connectivity index (χ4n) is 1.76. The molecule has 0 aromatic heterocycles. The Balaban J connectivity index is 2.11. The van der Waals surface area contributed by atoms with Gasteiger partial charge in [-0.15, -0.1) is 0 Å². The van der Waals surface area contributed by atoms with Crippen molar-refractivity contribution in [1.82, 2.24) is 5.32 Å². The number of carbonyl (C=O) groups excluding carboxylic acids is 1. The van der Waals surface area contributed by atoms with Crippen LogP contribution >= 0.6 is 0 Å². The first-order chi connectivity index (χ1) is 7.27. The number of hydrogen-bond acceptors (Lipinski definition) is 3. The van der Waals surface area contributed by atoms with E-state index in [9.17, 15) is 4.79 Å². The average Bonchev–Trinajstić information content (AvgIpc) is 2.30. The summed E-state index contributed by atoms with van der Waals surface area (Å²) in [6.07, 6.45) is 0. The third kappa shape index (κ3) is 2.27. The molecule has 1 aromatic carbocycles. The lowest BCUT2D eigenvalue weighted by Crippen LogP contribution is -2.43. The normalized spacial score (nSPS) is 16.4. The minimum absolute atomic E-state index is 0.373. The molecule has 0 atom stereocenters. The molecule has 4 heteroatoms. The van der Waals surface area contributed by atoms with Gasteiger partial charge in [-0.25, -0.2) is 0 Å². The molecule has 80 valence electrons. The summed E-state index contributed by atoms with van der Waals surface area (Å²) in [4.78, 5) is 13.2. The van der Waals surface area contributed by atoms with Crippen LogP contribution in [0.15, 0.2) is 24.3 Å². The predicted octanol–water partition coefficient (Wildman–Crippen LogP) is 0.195. The monoisotopic (exact) mass is 205 g/mol. The molecule has 3 N–H and O–H groups in total. The van der Waals surface area contributed by atoms with E-state index in [1.54, 1.807) is 12.1 Å². The Hall–Kier alpha value is -1.55. The molecule has 1 fully saturated rings. The molecule has 1 saturated heterocycles. The van der Waals surface area contributed by atoms with Crippen LogP contribution < -0.4 is 16.0 Å². The number of rotatable bonds is 2. The van der Waals surface area contributed by atoms with Crippen LogP contribution in [0.4, 0.5) is 5.69 Å². The minimum atomic E-state index is -0.373. The molecule has 0 bridgehead atoms. The van der Waals surface area contributed by atoms with Crippen molar-refractivity contribution >= 4 is 11.6 Å². The van der Waals surface area contributed by atoms with E-state index in [2.05, 4.69) is 10.2 Å². The predicted molar refractivity (Wildman–Crippen MR) is 60.0 cm³/mol. The number of hydrogen-bond donors (Lipinski definition) is 2. The van der Waals surface area contributed by atoms with Gasteiger partial charge < -0.3 is 16.0 Å². The second-order valence-corrected chi connectivity index (χ2v) is 3.65. The van der Waals surface area contributed by atoms with Crippen LogP contribution in [0.1, 0.15) is 10.4 Å². The lowest BCUT2D eigenvalue weighted by Gasteiger charge is -2.29. The summed E-state index contributed by atoms with van der Waals surface area (Å²) in [5.41, 5.74) is 6.90. The molecule has 1 aromatic rings. The molecule has 1 aliphatic heterocycles. The number of amides is 1. The summed E-state index contributed by atoms with van der Waals surface area (Å²) in [7, 11) is 0. The van der Waals surface area contributed by atoms with Gasteiger partial charge in [0.05, 0.1) is 0 Å². The van der Waals surface area contributed by atoms with Gasteiger partial charge in [-0.2, -0.15) is 0 Å². The maximum Gasteiger partial charge on any atom is 0.248 e. The van der Waals surface area contributed by atoms with E-state index in [1.807, 2.05) is 12.1 Å². The van der Waals surface area contributed by atoms with E-state index >= 15 is 0 Å². The van der Waals surface area contributed by atoms with E-state index in [4.69, 9.17) is 5.73 Å². The highest BCUT2D eigenvalue weighted by atomic mass is 16.1. The van der Waals surface area contributed by atoms with Gasteiger partial charge in [0.1, 0.15) is 0 Å². The van der Waals surface area contributed by atoms with Gasteiger partial charge in [0, 0.05) is 37.4 Å². The number of nitrogens with two attached hydrogens (primary N) is 1. The molecule has 0 saturated carbocycles. The molecule has 15 heavy (non-hydrogen) atoms. The first kappa shape index (κ1) is 9.98. The van der Waals surface area contributed by atoms with E-state index in [0.717, 1.165) is 31.9 Å². The second-order valence-electron chi connectivity index (χ2n) is 3.65. The average molecular weight is 205 g/mol. The Morgan fingerprint density at radius 3 is 2.33 bits per heavy atom. The number of piperazine rings is 1. The fraction of sp³-hybridized carbons (Fsp3) is 0.364. The Morgan fingerprint density at radius 2 is 1.80 bits per heavy atom. The van der Waals surface area contributed by atoms with Crippen LogP contribution in [-0.2, 0) is 0 Å². The van der Waals surface area contributed by atoms with Crippen molar-refractivity contribution in [2.45, 2.75) is 0 Å². The molecule has 1 heterocycles. The Bertz CT molecular complexity index is 341. The number of nitrogens with zero attached hydrogens (tertiary/aromatic N) is 1. The van der Waals surface area contributed by atoms with E-state index in [-0.39, 0.29) is 5.91 Å². The molecule has 1 amide bonds. The topological polar surface area (TPSA) is 58.4 Å². The van der Waals surface area contributed by atoms with E-state index < -0.39 is 0 Å². The number of benzene rings is 1. The molecular formula is C11H15N3O. The fourth-order valence-corrected chi connectivity index (χ4v) is 1.76. The van der Waals surface area contributed by atoms with Crippen molar-refractivity contribution in [3.63, 3.8) is 0 Å². The zero-order chi connectivity index (χ0) is 10.7. The molecule has 0 aliphatic carbocycles. The van der Waals surface area contributed by atoms with Crippen LogP contribution in [0.2, 0.25) is 0 Å². The van der Waals surface area contributed by atoms with Crippen molar-refractivity contribution in [2.24, 2.45) is 5.73 Å². The molecule has 0 spiro atoms. The largest absolute Gasteiger partial charge is 0.369 e. The lowest BCUT2D eigenvalue weighted by atomic mass is 10.2. The van der Waals surface area contributed by atoms with Crippen LogP contribution in [0.3, 0.4) is 0 Å². The number of primary amides is 1. The zero-order valence-corrected chi connectivity index (χ0v) is 8.57. The van der Waals surface area contributed by atoms with Crippen LogP contribution in [0.25, 0.3) is 0 Å². The van der Waals surface area contributed by atoms with Gasteiger partial charge in [-0.1, -0.05) is 0 Å². The summed E-state index contributed by atoms with van der Waals surface area (Å²) in [6.45, 7) is 4.04. The summed E-state index contributed by atoms with van der Waals surface area (Å²) < 4.78 is 0. The van der Waals surface area contributed by atoms with E-state index in [1.165, 1.54) is 0 Å². The van der Waals surface area contributed by atoms with E-state index in [0.29, 0.717) is 5.56 Å². The highest BCUT2D eigenvalue weighted by Gasteiger charge is 2.10. The summed E-state index contributed by atoms with van der Waals surface area (Å²) in [5, 5.41) is 3.30. The third-order valence-electron chi connectivity index (χ3n) is 2.63. The third-order valence-corrected chi connectivity index (χ3v) is 2.63. The number of nitrogens with one attached hydrogen (secondary N) is 1. The Kier molecular flexibility index (Phi) is 2.87.